The molecule has 1 N–H and O–H groups in total. The summed E-state index contributed by atoms with van der Waals surface area (Å²) in [6.07, 6.45) is 1.40. The van der Waals surface area contributed by atoms with Gasteiger partial charge in [0, 0.05) is 54.9 Å². The zero-order valence-corrected chi connectivity index (χ0v) is 17.9. The second-order valence-electron chi connectivity index (χ2n) is 8.02. The molecule has 1 amide bonds. The van der Waals surface area contributed by atoms with Crippen molar-refractivity contribution >= 4 is 35.1 Å². The van der Waals surface area contributed by atoms with Crippen LogP contribution < -0.4 is 5.32 Å². The third-order valence-electron chi connectivity index (χ3n) is 5.96. The van der Waals surface area contributed by atoms with Gasteiger partial charge in [-0.2, -0.15) is 0 Å². The normalized spacial score (nSPS) is 20.0. The van der Waals surface area contributed by atoms with E-state index in [-0.39, 0.29) is 5.91 Å². The molecule has 5 nitrogen and oxygen atoms in total. The minimum Gasteiger partial charge on any atom is -0.325 e. The quantitative estimate of drug-likeness (QED) is 0.738. The van der Waals surface area contributed by atoms with Crippen LogP contribution >= 0.6 is 23.5 Å². The molecular weight excluding hydrogens is 404 g/mol. The minimum atomic E-state index is 0.0589. The number of fused-ring (bicyclic) bond motifs is 2. The summed E-state index contributed by atoms with van der Waals surface area (Å²) >= 11 is 8.33. The molecule has 1 saturated heterocycles. The van der Waals surface area contributed by atoms with Gasteiger partial charge in [-0.1, -0.05) is 35.9 Å². The number of carbonyl (C=O) groups excluding carboxylic acids is 1. The summed E-state index contributed by atoms with van der Waals surface area (Å²) in [7, 11) is 0. The highest BCUT2D eigenvalue weighted by Gasteiger charge is 2.24. The summed E-state index contributed by atoms with van der Waals surface area (Å²) < 4.78 is 2.46. The van der Waals surface area contributed by atoms with Gasteiger partial charge in [0.05, 0.1) is 13.1 Å². The minimum absolute atomic E-state index is 0.0589. The lowest BCUT2D eigenvalue weighted by Gasteiger charge is -2.36. The number of hydrogen-bond acceptors (Lipinski definition) is 5. The SMILES string of the molecule is O=C1Cc2cc(CCN3CCN(CN4Cc5ccccc5S4)CC3)c(Cl)cc2N1. The molecule has 0 saturated carbocycles. The number of anilines is 1. The summed E-state index contributed by atoms with van der Waals surface area (Å²) in [5.41, 5.74) is 4.54. The van der Waals surface area contributed by atoms with Gasteiger partial charge in [-0.25, -0.2) is 4.31 Å². The van der Waals surface area contributed by atoms with Crippen LogP contribution in [0.5, 0.6) is 0 Å². The number of rotatable bonds is 5. The zero-order chi connectivity index (χ0) is 19.8. The van der Waals surface area contributed by atoms with E-state index in [1.165, 1.54) is 10.5 Å². The van der Waals surface area contributed by atoms with Gasteiger partial charge < -0.3 is 10.2 Å². The number of piperazine rings is 1. The van der Waals surface area contributed by atoms with Crippen LogP contribution in [0.3, 0.4) is 0 Å². The Morgan fingerprint density at radius 3 is 2.66 bits per heavy atom. The molecule has 29 heavy (non-hydrogen) atoms. The van der Waals surface area contributed by atoms with Gasteiger partial charge in [-0.3, -0.25) is 9.69 Å². The summed E-state index contributed by atoms with van der Waals surface area (Å²) in [5, 5.41) is 3.63. The molecule has 2 aromatic rings. The summed E-state index contributed by atoms with van der Waals surface area (Å²) in [6, 6.07) is 12.7. The lowest BCUT2D eigenvalue weighted by Crippen LogP contribution is -2.49. The fourth-order valence-corrected chi connectivity index (χ4v) is 5.66. The second kappa shape index (κ2) is 8.28. The molecule has 1 fully saturated rings. The maximum atomic E-state index is 11.6. The van der Waals surface area contributed by atoms with Crippen LogP contribution in [-0.4, -0.2) is 59.4 Å². The van der Waals surface area contributed by atoms with Crippen molar-refractivity contribution in [1.82, 2.24) is 14.1 Å². The molecule has 0 atom stereocenters. The van der Waals surface area contributed by atoms with Crippen LogP contribution in [0.4, 0.5) is 5.69 Å². The molecule has 0 radical (unpaired) electrons. The molecule has 0 aromatic heterocycles. The lowest BCUT2D eigenvalue weighted by atomic mass is 10.1. The Morgan fingerprint density at radius 1 is 1.03 bits per heavy atom. The molecule has 0 bridgehead atoms. The van der Waals surface area contributed by atoms with Crippen molar-refractivity contribution in [2.45, 2.75) is 24.3 Å². The van der Waals surface area contributed by atoms with Crippen LogP contribution in [0.15, 0.2) is 41.3 Å². The smallest absolute Gasteiger partial charge is 0.228 e. The van der Waals surface area contributed by atoms with Gasteiger partial charge >= 0.3 is 0 Å². The fraction of sp³-hybridized carbons (Fsp3) is 0.409. The van der Waals surface area contributed by atoms with E-state index < -0.39 is 0 Å². The van der Waals surface area contributed by atoms with Crippen LogP contribution in [0, 0.1) is 0 Å². The third kappa shape index (κ3) is 4.32. The fourth-order valence-electron chi connectivity index (χ4n) is 4.31. The van der Waals surface area contributed by atoms with Crippen molar-refractivity contribution in [1.29, 1.82) is 0 Å². The molecule has 0 aliphatic carbocycles. The monoisotopic (exact) mass is 428 g/mol. The number of carbonyl (C=O) groups is 1. The maximum Gasteiger partial charge on any atom is 0.228 e. The molecule has 3 aliphatic heterocycles. The molecule has 3 aliphatic rings. The number of nitrogens with one attached hydrogen (secondary N) is 1. The van der Waals surface area contributed by atoms with Crippen molar-refractivity contribution in [3.63, 3.8) is 0 Å². The Balaban J connectivity index is 1.09. The van der Waals surface area contributed by atoms with Crippen LogP contribution in [-0.2, 0) is 24.2 Å². The summed E-state index contributed by atoms with van der Waals surface area (Å²) in [5.74, 6) is 0.0589. The summed E-state index contributed by atoms with van der Waals surface area (Å²) in [4.78, 5) is 18.0. The highest BCUT2D eigenvalue weighted by molar-refractivity contribution is 7.97. The number of benzene rings is 2. The largest absolute Gasteiger partial charge is 0.325 e. The van der Waals surface area contributed by atoms with Crippen molar-refractivity contribution in [2.75, 3.05) is 44.7 Å². The topological polar surface area (TPSA) is 38.8 Å². The predicted molar refractivity (Wildman–Crippen MR) is 118 cm³/mol. The van der Waals surface area contributed by atoms with Crippen molar-refractivity contribution in [3.8, 4) is 0 Å². The van der Waals surface area contributed by atoms with Crippen molar-refractivity contribution in [3.05, 3.63) is 58.1 Å². The van der Waals surface area contributed by atoms with E-state index in [1.54, 1.807) is 0 Å². The lowest BCUT2D eigenvalue weighted by molar-refractivity contribution is -0.115. The number of amides is 1. The molecular formula is C22H25ClN4OS. The van der Waals surface area contributed by atoms with E-state index in [0.717, 1.165) is 74.2 Å². The third-order valence-corrected chi connectivity index (χ3v) is 7.41. The van der Waals surface area contributed by atoms with Crippen LogP contribution in [0.25, 0.3) is 0 Å². The number of halogens is 1. The van der Waals surface area contributed by atoms with E-state index in [0.29, 0.717) is 6.42 Å². The summed E-state index contributed by atoms with van der Waals surface area (Å²) in [6.45, 7) is 7.45. The Morgan fingerprint density at radius 2 is 1.83 bits per heavy atom. The van der Waals surface area contributed by atoms with Crippen molar-refractivity contribution in [2.24, 2.45) is 0 Å². The van der Waals surface area contributed by atoms with E-state index in [1.807, 2.05) is 18.0 Å². The average Bonchev–Trinajstić information content (AvgIpc) is 3.28. The standard InChI is InChI=1S/C22H25ClN4OS/c23-19-13-20-18(12-22(28)24-20)11-16(19)5-6-25-7-9-26(10-8-25)15-27-14-17-3-1-2-4-21(17)29-27/h1-4,11,13H,5-10,12,14-15H2,(H,24,28). The Labute approximate surface area is 181 Å². The van der Waals surface area contributed by atoms with E-state index in [2.05, 4.69) is 49.8 Å². The molecule has 0 unspecified atom stereocenters. The van der Waals surface area contributed by atoms with E-state index >= 15 is 0 Å². The predicted octanol–water partition coefficient (Wildman–Crippen LogP) is 3.48. The average molecular weight is 429 g/mol. The van der Waals surface area contributed by atoms with Crippen molar-refractivity contribution < 1.29 is 4.79 Å². The van der Waals surface area contributed by atoms with E-state index in [4.69, 9.17) is 11.6 Å². The molecule has 7 heteroatoms. The van der Waals surface area contributed by atoms with Crippen LogP contribution in [0.1, 0.15) is 16.7 Å². The maximum absolute atomic E-state index is 11.6. The molecule has 0 spiro atoms. The van der Waals surface area contributed by atoms with Gasteiger partial charge in [0.1, 0.15) is 0 Å². The van der Waals surface area contributed by atoms with Gasteiger partial charge in [0.15, 0.2) is 0 Å². The Kier molecular flexibility index (Phi) is 5.54. The van der Waals surface area contributed by atoms with Gasteiger partial charge in [-0.05, 0) is 47.2 Å². The van der Waals surface area contributed by atoms with Gasteiger partial charge in [-0.15, -0.1) is 0 Å². The van der Waals surface area contributed by atoms with Gasteiger partial charge in [0.2, 0.25) is 5.91 Å². The second-order valence-corrected chi connectivity index (χ2v) is 9.56. The highest BCUT2D eigenvalue weighted by Crippen LogP contribution is 2.35. The first-order valence-electron chi connectivity index (χ1n) is 10.2. The Bertz CT molecular complexity index is 904. The first-order valence-corrected chi connectivity index (χ1v) is 11.4. The van der Waals surface area contributed by atoms with Gasteiger partial charge in [0.25, 0.3) is 0 Å². The number of nitrogens with zero attached hydrogens (tertiary/aromatic N) is 3. The molecule has 152 valence electrons. The zero-order valence-electron chi connectivity index (χ0n) is 16.4. The number of hydrogen-bond donors (Lipinski definition) is 1. The van der Waals surface area contributed by atoms with E-state index in [9.17, 15) is 4.79 Å². The molecule has 3 heterocycles. The first-order chi connectivity index (χ1) is 14.1. The highest BCUT2D eigenvalue weighted by atomic mass is 35.5. The molecule has 2 aromatic carbocycles. The Hall–Kier alpha value is -1.57. The molecule has 5 rings (SSSR count). The van der Waals surface area contributed by atoms with Crippen LogP contribution in [0.2, 0.25) is 5.02 Å². The first kappa shape index (κ1) is 19.4.